The van der Waals surface area contributed by atoms with E-state index in [1.165, 1.54) is 0 Å². The smallest absolute Gasteiger partial charge is 0.335 e. The predicted octanol–water partition coefficient (Wildman–Crippen LogP) is 3.82. The van der Waals surface area contributed by atoms with Gasteiger partial charge in [-0.1, -0.05) is 6.07 Å². The summed E-state index contributed by atoms with van der Waals surface area (Å²) < 4.78 is 2.03. The molecule has 0 aliphatic rings. The molecule has 3 aromatic rings. The lowest BCUT2D eigenvalue weighted by Crippen LogP contribution is -2.05. The number of carbonyl (C=O) groups is 1. The zero-order valence-electron chi connectivity index (χ0n) is 13.2. The molecule has 2 aromatic heterocycles. The quantitative estimate of drug-likeness (QED) is 0.692. The molecule has 0 bridgehead atoms. The molecule has 0 spiro atoms. The van der Waals surface area contributed by atoms with Crippen molar-refractivity contribution in [2.45, 2.75) is 23.6 Å². The van der Waals surface area contributed by atoms with Gasteiger partial charge < -0.3 is 9.67 Å². The maximum atomic E-state index is 11.2. The number of aromatic nitrogens is 3. The van der Waals surface area contributed by atoms with Gasteiger partial charge in [0.25, 0.3) is 0 Å². The lowest BCUT2D eigenvalue weighted by atomic mass is 10.1. The van der Waals surface area contributed by atoms with Gasteiger partial charge in [-0.15, -0.1) is 11.8 Å². The monoisotopic (exact) mass is 339 g/mol. The second-order valence-electron chi connectivity index (χ2n) is 5.43. The molecule has 1 atom stereocenters. The lowest BCUT2D eigenvalue weighted by molar-refractivity contribution is 0.0696. The van der Waals surface area contributed by atoms with Gasteiger partial charge in [0.05, 0.1) is 17.1 Å². The van der Waals surface area contributed by atoms with E-state index in [1.807, 2.05) is 42.1 Å². The number of thioether (sulfide) groups is 1. The number of imidazole rings is 1. The standard InChI is InChI=1S/C18H17N3O2S/c1-13-9-15(4-5-16(13)18(22)23)24-17(11-21-8-7-20-12-21)14-3-2-6-19-10-14/h2-10,12,17H,11H2,1H3,(H,22,23). The van der Waals surface area contributed by atoms with Gasteiger partial charge in [0.15, 0.2) is 0 Å². The van der Waals surface area contributed by atoms with Crippen LogP contribution in [0.2, 0.25) is 0 Å². The number of hydrogen-bond donors (Lipinski definition) is 1. The Hall–Kier alpha value is -2.60. The maximum Gasteiger partial charge on any atom is 0.335 e. The summed E-state index contributed by atoms with van der Waals surface area (Å²) in [5.74, 6) is -0.897. The summed E-state index contributed by atoms with van der Waals surface area (Å²) >= 11 is 1.69. The molecule has 0 fully saturated rings. The molecular formula is C18H17N3O2S. The number of benzene rings is 1. The van der Waals surface area contributed by atoms with Gasteiger partial charge in [0, 0.05) is 36.2 Å². The Morgan fingerprint density at radius 3 is 2.79 bits per heavy atom. The second-order valence-corrected chi connectivity index (χ2v) is 6.71. The van der Waals surface area contributed by atoms with Crippen molar-refractivity contribution in [3.05, 3.63) is 78.1 Å². The summed E-state index contributed by atoms with van der Waals surface area (Å²) in [6.45, 7) is 2.58. The summed E-state index contributed by atoms with van der Waals surface area (Å²) in [5.41, 5.74) is 2.23. The molecule has 0 aliphatic carbocycles. The van der Waals surface area contributed by atoms with E-state index in [4.69, 9.17) is 5.11 Å². The molecule has 3 rings (SSSR count). The number of carboxylic acid groups (broad SMARTS) is 1. The first-order chi connectivity index (χ1) is 11.6. The number of aryl methyl sites for hydroxylation is 1. The molecule has 0 amide bonds. The number of nitrogens with zero attached hydrogens (tertiary/aromatic N) is 3. The Labute approximate surface area is 144 Å². The number of hydrogen-bond acceptors (Lipinski definition) is 4. The van der Waals surface area contributed by atoms with Crippen molar-refractivity contribution in [2.24, 2.45) is 0 Å². The number of pyridine rings is 1. The van der Waals surface area contributed by atoms with Crippen LogP contribution in [0, 0.1) is 6.92 Å². The molecule has 1 N–H and O–H groups in total. The zero-order valence-corrected chi connectivity index (χ0v) is 14.0. The highest BCUT2D eigenvalue weighted by Crippen LogP contribution is 2.37. The van der Waals surface area contributed by atoms with Crippen LogP contribution in [-0.2, 0) is 6.54 Å². The summed E-state index contributed by atoms with van der Waals surface area (Å²) in [6.07, 6.45) is 9.11. The minimum absolute atomic E-state index is 0.156. The topological polar surface area (TPSA) is 68.0 Å². The van der Waals surface area contributed by atoms with E-state index < -0.39 is 5.97 Å². The van der Waals surface area contributed by atoms with Crippen molar-refractivity contribution in [1.29, 1.82) is 0 Å². The zero-order chi connectivity index (χ0) is 16.9. The van der Waals surface area contributed by atoms with Crippen molar-refractivity contribution < 1.29 is 9.90 Å². The van der Waals surface area contributed by atoms with Crippen LogP contribution in [0.15, 0.2) is 66.3 Å². The molecule has 2 heterocycles. The molecule has 6 heteroatoms. The van der Waals surface area contributed by atoms with E-state index in [1.54, 1.807) is 36.5 Å². The molecule has 0 saturated carbocycles. The third-order valence-corrected chi connectivity index (χ3v) is 4.93. The summed E-state index contributed by atoms with van der Waals surface area (Å²) in [7, 11) is 0. The lowest BCUT2D eigenvalue weighted by Gasteiger charge is -2.18. The van der Waals surface area contributed by atoms with Crippen molar-refractivity contribution >= 4 is 17.7 Å². The fourth-order valence-corrected chi connectivity index (χ4v) is 3.72. The van der Waals surface area contributed by atoms with Gasteiger partial charge in [-0.3, -0.25) is 4.98 Å². The fourth-order valence-electron chi connectivity index (χ4n) is 2.48. The Balaban J connectivity index is 1.86. The molecule has 5 nitrogen and oxygen atoms in total. The van der Waals surface area contributed by atoms with E-state index in [2.05, 4.69) is 16.0 Å². The van der Waals surface area contributed by atoms with Crippen LogP contribution < -0.4 is 0 Å². The van der Waals surface area contributed by atoms with E-state index in [9.17, 15) is 4.79 Å². The average Bonchev–Trinajstić information content (AvgIpc) is 3.08. The van der Waals surface area contributed by atoms with Crippen LogP contribution in [0.5, 0.6) is 0 Å². The molecule has 0 saturated heterocycles. The van der Waals surface area contributed by atoms with Crippen LogP contribution >= 0.6 is 11.8 Å². The molecule has 1 aromatic carbocycles. The normalized spacial score (nSPS) is 12.0. The number of aromatic carboxylic acids is 1. The van der Waals surface area contributed by atoms with Crippen LogP contribution in [0.25, 0.3) is 0 Å². The highest BCUT2D eigenvalue weighted by atomic mass is 32.2. The van der Waals surface area contributed by atoms with Crippen molar-refractivity contribution in [3.63, 3.8) is 0 Å². The van der Waals surface area contributed by atoms with Crippen molar-refractivity contribution in [1.82, 2.24) is 14.5 Å². The van der Waals surface area contributed by atoms with Crippen LogP contribution in [0.3, 0.4) is 0 Å². The minimum atomic E-state index is -0.897. The van der Waals surface area contributed by atoms with Gasteiger partial charge in [-0.25, -0.2) is 9.78 Å². The third kappa shape index (κ3) is 3.83. The van der Waals surface area contributed by atoms with Crippen molar-refractivity contribution in [3.8, 4) is 0 Å². The number of carboxylic acids is 1. The van der Waals surface area contributed by atoms with Gasteiger partial charge >= 0.3 is 5.97 Å². The first-order valence-electron chi connectivity index (χ1n) is 7.50. The highest BCUT2D eigenvalue weighted by molar-refractivity contribution is 7.99. The fraction of sp³-hybridized carbons (Fsp3) is 0.167. The summed E-state index contributed by atoms with van der Waals surface area (Å²) in [4.78, 5) is 20.5. The van der Waals surface area contributed by atoms with E-state index >= 15 is 0 Å². The van der Waals surface area contributed by atoms with Crippen LogP contribution in [-0.4, -0.2) is 25.6 Å². The first-order valence-corrected chi connectivity index (χ1v) is 8.37. The Morgan fingerprint density at radius 2 is 2.17 bits per heavy atom. The van der Waals surface area contributed by atoms with E-state index in [0.29, 0.717) is 5.56 Å². The largest absolute Gasteiger partial charge is 0.478 e. The Morgan fingerprint density at radius 1 is 1.29 bits per heavy atom. The molecule has 0 aliphatic heterocycles. The van der Waals surface area contributed by atoms with E-state index in [-0.39, 0.29) is 5.25 Å². The van der Waals surface area contributed by atoms with Gasteiger partial charge in [-0.2, -0.15) is 0 Å². The first kappa shape index (κ1) is 16.3. The Kier molecular flexibility index (Phi) is 4.96. The number of rotatable bonds is 6. The molecule has 122 valence electrons. The third-order valence-electron chi connectivity index (χ3n) is 3.70. The Bertz CT molecular complexity index is 820. The molecular weight excluding hydrogens is 322 g/mol. The van der Waals surface area contributed by atoms with Crippen LogP contribution in [0.4, 0.5) is 0 Å². The highest BCUT2D eigenvalue weighted by Gasteiger charge is 2.16. The summed E-state index contributed by atoms with van der Waals surface area (Å²) in [5, 5.41) is 9.32. The SMILES string of the molecule is Cc1cc(SC(Cn2ccnc2)c2cccnc2)ccc1C(=O)O. The van der Waals surface area contributed by atoms with Gasteiger partial charge in [0.2, 0.25) is 0 Å². The van der Waals surface area contributed by atoms with Crippen LogP contribution in [0.1, 0.15) is 26.7 Å². The van der Waals surface area contributed by atoms with Crippen molar-refractivity contribution in [2.75, 3.05) is 0 Å². The predicted molar refractivity (Wildman–Crippen MR) is 93.2 cm³/mol. The molecule has 24 heavy (non-hydrogen) atoms. The maximum absolute atomic E-state index is 11.2. The second kappa shape index (κ2) is 7.31. The van der Waals surface area contributed by atoms with Gasteiger partial charge in [-0.05, 0) is 42.3 Å². The summed E-state index contributed by atoms with van der Waals surface area (Å²) in [6, 6.07) is 9.43. The average molecular weight is 339 g/mol. The minimum Gasteiger partial charge on any atom is -0.478 e. The molecule has 0 radical (unpaired) electrons. The molecule has 1 unspecified atom stereocenters. The van der Waals surface area contributed by atoms with Gasteiger partial charge in [0.1, 0.15) is 0 Å². The van der Waals surface area contributed by atoms with E-state index in [0.717, 1.165) is 22.6 Å².